The highest BCUT2D eigenvalue weighted by Gasteiger charge is 2.15. The second-order valence-corrected chi connectivity index (χ2v) is 5.39. The Labute approximate surface area is 122 Å². The van der Waals surface area contributed by atoms with Gasteiger partial charge in [0, 0.05) is 0 Å². The lowest BCUT2D eigenvalue weighted by atomic mass is 10.2. The minimum Gasteiger partial charge on any atom is -0.335 e. The zero-order valence-electron chi connectivity index (χ0n) is 10.2. The van der Waals surface area contributed by atoms with Crippen molar-refractivity contribution < 1.29 is 8.78 Å². The summed E-state index contributed by atoms with van der Waals surface area (Å²) < 4.78 is 27.8. The molecule has 0 aliphatic rings. The molecule has 1 aromatic carbocycles. The van der Waals surface area contributed by atoms with Crippen LogP contribution < -0.4 is 5.32 Å². The van der Waals surface area contributed by atoms with Crippen molar-refractivity contribution >= 4 is 44.7 Å². The maximum absolute atomic E-state index is 14.0. The number of anilines is 2. The van der Waals surface area contributed by atoms with Gasteiger partial charge in [-0.2, -0.15) is 4.98 Å². The van der Waals surface area contributed by atoms with Crippen LogP contribution in [0.4, 0.5) is 20.3 Å². The van der Waals surface area contributed by atoms with Gasteiger partial charge in [0.1, 0.15) is 22.2 Å². The van der Waals surface area contributed by atoms with Crippen LogP contribution in [0.25, 0.3) is 10.2 Å². The zero-order valence-corrected chi connectivity index (χ0v) is 11.8. The molecule has 0 amide bonds. The van der Waals surface area contributed by atoms with Gasteiger partial charge in [-0.1, -0.05) is 6.07 Å². The second-order valence-electron chi connectivity index (χ2n) is 4.16. The molecule has 1 N–H and O–H groups in total. The Morgan fingerprint density at radius 2 is 2.00 bits per heavy atom. The van der Waals surface area contributed by atoms with Gasteiger partial charge in [0.25, 0.3) is 0 Å². The van der Waals surface area contributed by atoms with Gasteiger partial charge < -0.3 is 5.32 Å². The summed E-state index contributed by atoms with van der Waals surface area (Å²) in [6.45, 7) is 1.56. The summed E-state index contributed by atoms with van der Waals surface area (Å²) in [7, 11) is 0. The number of benzene rings is 1. The number of hydrogen-bond donors (Lipinski definition) is 1. The number of halogens is 3. The summed E-state index contributed by atoms with van der Waals surface area (Å²) in [4.78, 5) is 8.70. The predicted octanol–water partition coefficient (Wildman–Crippen LogP) is 4.67. The Bertz CT molecular complexity index is 804. The van der Waals surface area contributed by atoms with Crippen molar-refractivity contribution in [1.29, 1.82) is 0 Å². The van der Waals surface area contributed by atoms with Gasteiger partial charge in [0.15, 0.2) is 5.82 Å². The van der Waals surface area contributed by atoms with Gasteiger partial charge in [-0.3, -0.25) is 0 Å². The van der Waals surface area contributed by atoms with E-state index in [1.165, 1.54) is 23.5 Å². The standard InChI is InChI=1S/C13H8ClF2N3S/c1-6-2-3-8(15)10(9(6)16)17-11-7-4-5-20-12(7)19-13(14)18-11/h2-5H,1H3,(H,17,18,19). The lowest BCUT2D eigenvalue weighted by molar-refractivity contribution is 0.585. The van der Waals surface area contributed by atoms with Crippen molar-refractivity contribution in [2.24, 2.45) is 0 Å². The highest BCUT2D eigenvalue weighted by molar-refractivity contribution is 7.16. The fourth-order valence-electron chi connectivity index (χ4n) is 1.81. The summed E-state index contributed by atoms with van der Waals surface area (Å²) in [5, 5.41) is 5.17. The summed E-state index contributed by atoms with van der Waals surface area (Å²) in [5.41, 5.74) is 0.0999. The molecule has 0 fully saturated rings. The van der Waals surface area contributed by atoms with Crippen LogP contribution in [0.5, 0.6) is 0 Å². The molecule has 0 unspecified atom stereocenters. The first-order valence-electron chi connectivity index (χ1n) is 5.68. The van der Waals surface area contributed by atoms with E-state index in [0.717, 1.165) is 0 Å². The van der Waals surface area contributed by atoms with Crippen LogP contribution >= 0.6 is 22.9 Å². The molecule has 20 heavy (non-hydrogen) atoms. The largest absolute Gasteiger partial charge is 0.335 e. The zero-order chi connectivity index (χ0) is 14.3. The van der Waals surface area contributed by atoms with E-state index in [1.54, 1.807) is 13.0 Å². The first-order chi connectivity index (χ1) is 9.56. The third-order valence-corrected chi connectivity index (χ3v) is 3.80. The minimum absolute atomic E-state index is 0.0240. The summed E-state index contributed by atoms with van der Waals surface area (Å²) in [6, 6.07) is 4.35. The number of nitrogens with one attached hydrogen (secondary N) is 1. The summed E-state index contributed by atoms with van der Waals surface area (Å²) in [5.74, 6) is -1.06. The van der Waals surface area contributed by atoms with Crippen molar-refractivity contribution in [2.75, 3.05) is 5.32 Å². The Morgan fingerprint density at radius 1 is 1.20 bits per heavy atom. The Balaban J connectivity index is 2.14. The molecule has 0 bridgehead atoms. The molecular formula is C13H8ClF2N3S. The van der Waals surface area contributed by atoms with Crippen LogP contribution in [0.1, 0.15) is 5.56 Å². The Kier molecular flexibility index (Phi) is 3.27. The molecule has 0 saturated carbocycles. The van der Waals surface area contributed by atoms with E-state index in [1.807, 2.05) is 5.38 Å². The Morgan fingerprint density at radius 3 is 2.80 bits per heavy atom. The molecule has 2 aromatic heterocycles. The van der Waals surface area contributed by atoms with Gasteiger partial charge in [-0.25, -0.2) is 13.8 Å². The smallest absolute Gasteiger partial charge is 0.225 e. The molecule has 3 rings (SSSR count). The third-order valence-electron chi connectivity index (χ3n) is 2.83. The molecule has 0 atom stereocenters. The fraction of sp³-hybridized carbons (Fsp3) is 0.0769. The number of rotatable bonds is 2. The van der Waals surface area contributed by atoms with Gasteiger partial charge in [0.2, 0.25) is 5.28 Å². The van der Waals surface area contributed by atoms with E-state index in [0.29, 0.717) is 15.8 Å². The fourth-order valence-corrected chi connectivity index (χ4v) is 2.80. The number of thiophene rings is 1. The SMILES string of the molecule is Cc1ccc(F)c(Nc2nc(Cl)nc3sccc23)c1F. The van der Waals surface area contributed by atoms with Crippen LogP contribution in [0.3, 0.4) is 0 Å². The lowest BCUT2D eigenvalue weighted by Gasteiger charge is -2.10. The van der Waals surface area contributed by atoms with E-state index >= 15 is 0 Å². The molecule has 0 aliphatic carbocycles. The van der Waals surface area contributed by atoms with E-state index in [9.17, 15) is 8.78 Å². The lowest BCUT2D eigenvalue weighted by Crippen LogP contribution is -2.02. The van der Waals surface area contributed by atoms with Crippen LogP contribution in [0.2, 0.25) is 5.28 Å². The van der Waals surface area contributed by atoms with Crippen molar-refractivity contribution in [1.82, 2.24) is 9.97 Å². The molecule has 0 radical (unpaired) electrons. The molecular weight excluding hydrogens is 304 g/mol. The molecule has 2 heterocycles. The molecule has 0 aliphatic heterocycles. The second kappa shape index (κ2) is 4.96. The number of fused-ring (bicyclic) bond motifs is 1. The molecule has 102 valence electrons. The topological polar surface area (TPSA) is 37.8 Å². The number of nitrogens with zero attached hydrogens (tertiary/aromatic N) is 2. The average molecular weight is 312 g/mol. The van der Waals surface area contributed by atoms with E-state index in [2.05, 4.69) is 15.3 Å². The van der Waals surface area contributed by atoms with Crippen LogP contribution in [0, 0.1) is 18.6 Å². The molecule has 7 heteroatoms. The highest BCUT2D eigenvalue weighted by Crippen LogP contribution is 2.31. The van der Waals surface area contributed by atoms with E-state index in [-0.39, 0.29) is 16.8 Å². The maximum atomic E-state index is 14.0. The quantitative estimate of drug-likeness (QED) is 0.699. The Hall–Kier alpha value is -1.79. The van der Waals surface area contributed by atoms with Crippen LogP contribution in [-0.4, -0.2) is 9.97 Å². The first-order valence-corrected chi connectivity index (χ1v) is 6.94. The molecule has 0 spiro atoms. The highest BCUT2D eigenvalue weighted by atomic mass is 35.5. The normalized spacial score (nSPS) is 11.0. The maximum Gasteiger partial charge on any atom is 0.225 e. The van der Waals surface area contributed by atoms with Gasteiger partial charge >= 0.3 is 0 Å². The van der Waals surface area contributed by atoms with Crippen LogP contribution in [0.15, 0.2) is 23.6 Å². The van der Waals surface area contributed by atoms with Gasteiger partial charge in [0.05, 0.1) is 5.39 Å². The summed E-state index contributed by atoms with van der Waals surface area (Å²) >= 11 is 7.19. The van der Waals surface area contributed by atoms with Crippen molar-refractivity contribution in [3.05, 3.63) is 46.1 Å². The first kappa shape index (κ1) is 13.2. The third kappa shape index (κ3) is 2.21. The van der Waals surface area contributed by atoms with Crippen LogP contribution in [-0.2, 0) is 0 Å². The summed E-state index contributed by atoms with van der Waals surface area (Å²) in [6.07, 6.45) is 0. The van der Waals surface area contributed by atoms with Crippen molar-refractivity contribution in [3.8, 4) is 0 Å². The average Bonchev–Trinajstić information content (AvgIpc) is 2.87. The van der Waals surface area contributed by atoms with Gasteiger partial charge in [-0.05, 0) is 41.6 Å². The molecule has 3 aromatic rings. The van der Waals surface area contributed by atoms with E-state index < -0.39 is 11.6 Å². The van der Waals surface area contributed by atoms with E-state index in [4.69, 9.17) is 11.6 Å². The molecule has 0 saturated heterocycles. The number of aryl methyl sites for hydroxylation is 1. The van der Waals surface area contributed by atoms with Crippen molar-refractivity contribution in [2.45, 2.75) is 6.92 Å². The monoisotopic (exact) mass is 311 g/mol. The van der Waals surface area contributed by atoms with Gasteiger partial charge in [-0.15, -0.1) is 11.3 Å². The minimum atomic E-state index is -0.689. The number of aromatic nitrogens is 2. The molecule has 3 nitrogen and oxygen atoms in total. The predicted molar refractivity (Wildman–Crippen MR) is 76.8 cm³/mol. The van der Waals surface area contributed by atoms with Crippen molar-refractivity contribution in [3.63, 3.8) is 0 Å². The number of hydrogen-bond acceptors (Lipinski definition) is 4.